The lowest BCUT2D eigenvalue weighted by Gasteiger charge is -2.23. The third-order valence-corrected chi connectivity index (χ3v) is 6.95. The summed E-state index contributed by atoms with van der Waals surface area (Å²) in [6.07, 6.45) is 0.492. The van der Waals surface area contributed by atoms with Crippen molar-refractivity contribution in [3.63, 3.8) is 0 Å². The number of carbonyl (C=O) groups is 1. The lowest BCUT2D eigenvalue weighted by Crippen LogP contribution is -2.47. The maximum Gasteiger partial charge on any atom is 0.230 e. The molecule has 1 N–H and O–H groups in total. The van der Waals surface area contributed by atoms with E-state index in [0.717, 1.165) is 4.90 Å². The minimum absolute atomic E-state index is 0.0384. The van der Waals surface area contributed by atoms with E-state index in [4.69, 9.17) is 0 Å². The van der Waals surface area contributed by atoms with Crippen LogP contribution in [0, 0.1) is 0 Å². The van der Waals surface area contributed by atoms with Gasteiger partial charge in [-0.3, -0.25) is 4.79 Å². The highest BCUT2D eigenvalue weighted by Crippen LogP contribution is 2.26. The van der Waals surface area contributed by atoms with Crippen molar-refractivity contribution in [2.45, 2.75) is 50.0 Å². The standard InChI is InChI=1S/C17H25NO3S2/c1-16(2,3)13-5-7-14(8-6-13)22-11-15(19)18-17(4)9-10-23(20,21)12-17/h5-8H,9-12H2,1-4H3,(H,18,19)/t17-/m0/s1. The van der Waals surface area contributed by atoms with Gasteiger partial charge in [-0.15, -0.1) is 11.8 Å². The zero-order valence-corrected chi connectivity index (χ0v) is 15.8. The molecular weight excluding hydrogens is 330 g/mol. The molecule has 4 nitrogen and oxygen atoms in total. The number of hydrogen-bond donors (Lipinski definition) is 1. The van der Waals surface area contributed by atoms with Crippen molar-refractivity contribution in [1.82, 2.24) is 5.32 Å². The van der Waals surface area contributed by atoms with Gasteiger partial charge in [0.1, 0.15) is 0 Å². The van der Waals surface area contributed by atoms with Crippen molar-refractivity contribution in [2.24, 2.45) is 0 Å². The summed E-state index contributed by atoms with van der Waals surface area (Å²) in [7, 11) is -3.01. The van der Waals surface area contributed by atoms with Gasteiger partial charge >= 0.3 is 0 Å². The van der Waals surface area contributed by atoms with Gasteiger partial charge in [-0.05, 0) is 36.5 Å². The summed E-state index contributed by atoms with van der Waals surface area (Å²) in [5.41, 5.74) is 0.755. The molecule has 0 radical (unpaired) electrons. The Hall–Kier alpha value is -1.01. The van der Waals surface area contributed by atoms with Gasteiger partial charge in [-0.2, -0.15) is 0 Å². The summed E-state index contributed by atoms with van der Waals surface area (Å²) in [6.45, 7) is 8.30. The van der Waals surface area contributed by atoms with Crippen LogP contribution < -0.4 is 5.32 Å². The molecule has 0 spiro atoms. The first-order chi connectivity index (χ1) is 10.5. The molecule has 1 aromatic carbocycles. The summed E-state index contributed by atoms with van der Waals surface area (Å²) in [4.78, 5) is 13.1. The monoisotopic (exact) mass is 355 g/mol. The van der Waals surface area contributed by atoms with E-state index >= 15 is 0 Å². The Balaban J connectivity index is 1.87. The van der Waals surface area contributed by atoms with Crippen LogP contribution in [0.4, 0.5) is 0 Å². The van der Waals surface area contributed by atoms with Crippen LogP contribution >= 0.6 is 11.8 Å². The average molecular weight is 356 g/mol. The fourth-order valence-corrected chi connectivity index (χ4v) is 5.47. The zero-order chi connectivity index (χ0) is 17.3. The molecule has 128 valence electrons. The maximum atomic E-state index is 12.1. The van der Waals surface area contributed by atoms with Crippen LogP contribution in [0.25, 0.3) is 0 Å². The SMILES string of the molecule is CC(C)(C)c1ccc(SCC(=O)N[C@@]2(C)CCS(=O)(=O)C2)cc1. The highest BCUT2D eigenvalue weighted by atomic mass is 32.2. The number of sulfone groups is 1. The van der Waals surface area contributed by atoms with Gasteiger partial charge < -0.3 is 5.32 Å². The molecule has 6 heteroatoms. The quantitative estimate of drug-likeness (QED) is 0.844. The lowest BCUT2D eigenvalue weighted by molar-refractivity contribution is -0.120. The third kappa shape index (κ3) is 5.24. The van der Waals surface area contributed by atoms with Gasteiger partial charge in [0.15, 0.2) is 9.84 Å². The van der Waals surface area contributed by atoms with Crippen molar-refractivity contribution < 1.29 is 13.2 Å². The smallest absolute Gasteiger partial charge is 0.230 e. The van der Waals surface area contributed by atoms with E-state index in [0.29, 0.717) is 12.2 Å². The first kappa shape index (κ1) is 18.3. The molecule has 1 heterocycles. The minimum Gasteiger partial charge on any atom is -0.349 e. The second kappa shape index (κ2) is 6.48. The summed E-state index contributed by atoms with van der Waals surface area (Å²) in [6, 6.07) is 8.23. The van der Waals surface area contributed by atoms with E-state index < -0.39 is 15.4 Å². The number of nitrogens with one attached hydrogen (secondary N) is 1. The topological polar surface area (TPSA) is 63.2 Å². The van der Waals surface area contributed by atoms with E-state index in [9.17, 15) is 13.2 Å². The van der Waals surface area contributed by atoms with Crippen molar-refractivity contribution in [3.05, 3.63) is 29.8 Å². The molecule has 1 aromatic rings. The summed E-state index contributed by atoms with van der Waals surface area (Å²) >= 11 is 1.47. The largest absolute Gasteiger partial charge is 0.349 e. The molecule has 1 saturated heterocycles. The fraction of sp³-hybridized carbons (Fsp3) is 0.588. The number of rotatable bonds is 4. The van der Waals surface area contributed by atoms with Crippen LogP contribution in [0.15, 0.2) is 29.2 Å². The molecular formula is C17H25NO3S2. The van der Waals surface area contributed by atoms with Crippen LogP contribution in [-0.2, 0) is 20.0 Å². The molecule has 0 aliphatic carbocycles. The number of hydrogen-bond acceptors (Lipinski definition) is 4. The van der Waals surface area contributed by atoms with Gasteiger partial charge in [-0.25, -0.2) is 8.42 Å². The second-order valence-corrected chi connectivity index (χ2v) is 10.7. The second-order valence-electron chi connectivity index (χ2n) is 7.51. The first-order valence-electron chi connectivity index (χ1n) is 7.74. The Morgan fingerprint density at radius 3 is 2.35 bits per heavy atom. The molecule has 0 saturated carbocycles. The Bertz CT molecular complexity index is 675. The van der Waals surface area contributed by atoms with Crippen molar-refractivity contribution in [2.75, 3.05) is 17.3 Å². The molecule has 23 heavy (non-hydrogen) atoms. The van der Waals surface area contributed by atoms with Crippen LogP contribution in [0.5, 0.6) is 0 Å². The van der Waals surface area contributed by atoms with Gasteiger partial charge in [0.25, 0.3) is 0 Å². The van der Waals surface area contributed by atoms with Gasteiger partial charge in [0, 0.05) is 4.90 Å². The first-order valence-corrected chi connectivity index (χ1v) is 10.5. The Morgan fingerprint density at radius 2 is 1.87 bits per heavy atom. The van der Waals surface area contributed by atoms with Crippen molar-refractivity contribution in [3.8, 4) is 0 Å². The average Bonchev–Trinajstić information content (AvgIpc) is 2.69. The van der Waals surface area contributed by atoms with Gasteiger partial charge in [0.05, 0.1) is 22.8 Å². The normalized spacial score (nSPS) is 23.7. The molecule has 1 aliphatic heterocycles. The number of carbonyl (C=O) groups excluding carboxylic acids is 1. The Kier molecular flexibility index (Phi) is 5.16. The van der Waals surface area contributed by atoms with Crippen LogP contribution in [-0.4, -0.2) is 37.1 Å². The van der Waals surface area contributed by atoms with Crippen LogP contribution in [0.1, 0.15) is 39.7 Å². The predicted octanol–water partition coefficient (Wildman–Crippen LogP) is 2.77. The molecule has 2 rings (SSSR count). The predicted molar refractivity (Wildman–Crippen MR) is 95.7 cm³/mol. The van der Waals surface area contributed by atoms with E-state index in [1.165, 1.54) is 17.3 Å². The van der Waals surface area contributed by atoms with Crippen molar-refractivity contribution in [1.29, 1.82) is 0 Å². The summed E-state index contributed by atoms with van der Waals surface area (Å²) < 4.78 is 23.1. The lowest BCUT2D eigenvalue weighted by atomic mass is 9.87. The van der Waals surface area contributed by atoms with Crippen LogP contribution in [0.2, 0.25) is 0 Å². The molecule has 1 atom stereocenters. The third-order valence-electron chi connectivity index (χ3n) is 4.03. The van der Waals surface area contributed by atoms with E-state index in [1.54, 1.807) is 6.92 Å². The Labute approximate surface area is 143 Å². The number of benzene rings is 1. The minimum atomic E-state index is -3.01. The molecule has 1 amide bonds. The van der Waals surface area contributed by atoms with E-state index in [1.807, 2.05) is 12.1 Å². The number of thioether (sulfide) groups is 1. The van der Waals surface area contributed by atoms with Crippen LogP contribution in [0.3, 0.4) is 0 Å². The number of amides is 1. The maximum absolute atomic E-state index is 12.1. The molecule has 0 bridgehead atoms. The summed E-state index contributed by atoms with van der Waals surface area (Å²) in [5.74, 6) is 0.376. The van der Waals surface area contributed by atoms with Crippen molar-refractivity contribution >= 4 is 27.5 Å². The van der Waals surface area contributed by atoms with E-state index in [2.05, 4.69) is 38.2 Å². The van der Waals surface area contributed by atoms with E-state index in [-0.39, 0.29) is 22.8 Å². The molecule has 0 aromatic heterocycles. The highest BCUT2D eigenvalue weighted by Gasteiger charge is 2.39. The molecule has 1 aliphatic rings. The van der Waals surface area contributed by atoms with Gasteiger partial charge in [0.2, 0.25) is 5.91 Å². The summed E-state index contributed by atoms with van der Waals surface area (Å²) in [5, 5.41) is 2.88. The molecule has 1 fully saturated rings. The fourth-order valence-electron chi connectivity index (χ4n) is 2.68. The van der Waals surface area contributed by atoms with Gasteiger partial charge in [-0.1, -0.05) is 32.9 Å². The Morgan fingerprint density at radius 1 is 1.26 bits per heavy atom. The molecule has 0 unspecified atom stereocenters. The zero-order valence-electron chi connectivity index (χ0n) is 14.2. The highest BCUT2D eigenvalue weighted by molar-refractivity contribution is 8.00.